The molecule has 0 aromatic carbocycles. The van der Waals surface area contributed by atoms with E-state index in [9.17, 15) is 13.2 Å². The first-order chi connectivity index (χ1) is 9.58. The highest BCUT2D eigenvalue weighted by Gasteiger charge is 2.28. The van der Waals surface area contributed by atoms with Crippen molar-refractivity contribution in [2.45, 2.75) is 57.3 Å². The molecular weight excluding hydrogens is 294 g/mol. The first kappa shape index (κ1) is 20.2. The Morgan fingerprint density at radius 2 is 1.67 bits per heavy atom. The fraction of sp³-hybridized carbons (Fsp3) is 0.929. The number of aliphatic hydroxyl groups excluding tert-OH is 1. The molecule has 0 aromatic heterocycles. The molecule has 126 valence electrons. The third kappa shape index (κ3) is 8.93. The maximum absolute atomic E-state index is 11.5. The van der Waals surface area contributed by atoms with Crippen LogP contribution in [0.15, 0.2) is 0 Å². The fourth-order valence-corrected chi connectivity index (χ4v) is 3.43. The van der Waals surface area contributed by atoms with E-state index in [1.165, 1.54) is 6.26 Å². The van der Waals surface area contributed by atoms with Crippen LogP contribution in [0.3, 0.4) is 0 Å². The molecule has 0 unspecified atom stereocenters. The van der Waals surface area contributed by atoms with Gasteiger partial charge in [-0.05, 0) is 52.4 Å². The number of carbonyl (C=O) groups is 1. The molecule has 1 fully saturated rings. The lowest BCUT2D eigenvalue weighted by molar-refractivity contribution is 0.0515. The molecule has 0 aromatic rings. The van der Waals surface area contributed by atoms with Crippen molar-refractivity contribution >= 4 is 15.9 Å². The van der Waals surface area contributed by atoms with Gasteiger partial charge in [0.15, 0.2) is 0 Å². The van der Waals surface area contributed by atoms with Crippen LogP contribution in [0.1, 0.15) is 46.5 Å². The Morgan fingerprint density at radius 3 is 2.05 bits per heavy atom. The van der Waals surface area contributed by atoms with Crippen molar-refractivity contribution in [2.24, 2.45) is 5.92 Å². The zero-order chi connectivity index (χ0) is 16.7. The molecule has 1 rings (SSSR count). The molecule has 7 heteroatoms. The molecule has 6 nitrogen and oxygen atoms in total. The van der Waals surface area contributed by atoms with E-state index < -0.39 is 21.5 Å². The molecule has 0 radical (unpaired) electrons. The van der Waals surface area contributed by atoms with Gasteiger partial charge in [0.25, 0.3) is 0 Å². The maximum atomic E-state index is 11.5. The smallest absolute Gasteiger partial charge is 0.407 e. The number of hydrogen-bond acceptors (Lipinski definition) is 5. The maximum Gasteiger partial charge on any atom is 0.407 e. The van der Waals surface area contributed by atoms with Gasteiger partial charge in [0, 0.05) is 19.9 Å². The van der Waals surface area contributed by atoms with Crippen LogP contribution in [0.5, 0.6) is 0 Å². The molecule has 1 amide bonds. The number of amides is 1. The highest BCUT2D eigenvalue weighted by atomic mass is 32.2. The largest absolute Gasteiger partial charge is 0.444 e. The molecule has 1 saturated carbocycles. The minimum atomic E-state index is -2.92. The van der Waals surface area contributed by atoms with Gasteiger partial charge < -0.3 is 15.2 Å². The van der Waals surface area contributed by atoms with E-state index in [4.69, 9.17) is 9.84 Å². The van der Waals surface area contributed by atoms with E-state index >= 15 is 0 Å². The monoisotopic (exact) mass is 323 g/mol. The number of carbonyl (C=O) groups excluding carboxylic acids is 1. The predicted octanol–water partition coefficient (Wildman–Crippen LogP) is 1.72. The summed E-state index contributed by atoms with van der Waals surface area (Å²) in [5, 5.41) is 9.55. The lowest BCUT2D eigenvalue weighted by Gasteiger charge is -2.28. The summed E-state index contributed by atoms with van der Waals surface area (Å²) in [6, 6.07) is 0. The van der Waals surface area contributed by atoms with E-state index in [1.807, 2.05) is 20.8 Å². The molecule has 0 atom stereocenters. The topological polar surface area (TPSA) is 92.7 Å². The van der Waals surface area contributed by atoms with Crippen LogP contribution in [-0.2, 0) is 14.6 Å². The Balaban J connectivity index is 0.00000191. The molecule has 2 N–H and O–H groups in total. The third-order valence-electron chi connectivity index (χ3n) is 3.33. The van der Waals surface area contributed by atoms with Gasteiger partial charge in [-0.2, -0.15) is 0 Å². The second-order valence-corrected chi connectivity index (χ2v) is 8.68. The van der Waals surface area contributed by atoms with Crippen LogP contribution in [0, 0.1) is 5.92 Å². The highest BCUT2D eigenvalue weighted by molar-refractivity contribution is 7.91. The number of rotatable bonds is 3. The normalized spacial score (nSPS) is 22.8. The second kappa shape index (κ2) is 8.58. The molecule has 1 aliphatic rings. The summed E-state index contributed by atoms with van der Waals surface area (Å²) in [7, 11) is -1.92. The Bertz CT molecular complexity index is 406. The van der Waals surface area contributed by atoms with E-state index in [2.05, 4.69) is 5.32 Å². The molecule has 0 aliphatic heterocycles. The van der Waals surface area contributed by atoms with Crippen molar-refractivity contribution in [3.05, 3.63) is 0 Å². The average molecular weight is 323 g/mol. The van der Waals surface area contributed by atoms with Gasteiger partial charge in [0.1, 0.15) is 15.4 Å². The molecule has 21 heavy (non-hydrogen) atoms. The van der Waals surface area contributed by atoms with Gasteiger partial charge in [-0.25, -0.2) is 13.2 Å². The number of aliphatic hydroxyl groups is 1. The summed E-state index contributed by atoms with van der Waals surface area (Å²) < 4.78 is 28.0. The molecule has 0 spiro atoms. The van der Waals surface area contributed by atoms with Crippen LogP contribution in [0.2, 0.25) is 0 Å². The van der Waals surface area contributed by atoms with Crippen molar-refractivity contribution in [1.82, 2.24) is 5.32 Å². The number of nitrogens with one attached hydrogen (secondary N) is 1. The van der Waals surface area contributed by atoms with Gasteiger partial charge in [-0.15, -0.1) is 0 Å². The Kier molecular flexibility index (Phi) is 8.25. The van der Waals surface area contributed by atoms with Crippen LogP contribution >= 0.6 is 0 Å². The van der Waals surface area contributed by atoms with Crippen LogP contribution in [-0.4, -0.2) is 50.4 Å². The lowest BCUT2D eigenvalue weighted by Crippen LogP contribution is -2.37. The Hall–Kier alpha value is -0.820. The van der Waals surface area contributed by atoms with Crippen molar-refractivity contribution in [3.8, 4) is 0 Å². The summed E-state index contributed by atoms with van der Waals surface area (Å²) in [6.45, 7) is 6.03. The summed E-state index contributed by atoms with van der Waals surface area (Å²) in [5.41, 5.74) is -0.488. The molecular formula is C14H29NO5S. The number of sulfone groups is 1. The zero-order valence-electron chi connectivity index (χ0n) is 13.7. The quantitative estimate of drug-likeness (QED) is 0.825. The average Bonchev–Trinajstić information content (AvgIpc) is 2.36. The van der Waals surface area contributed by atoms with E-state index in [0.29, 0.717) is 25.3 Å². The van der Waals surface area contributed by atoms with Gasteiger partial charge in [-0.3, -0.25) is 0 Å². The van der Waals surface area contributed by atoms with E-state index in [0.717, 1.165) is 20.0 Å². The van der Waals surface area contributed by atoms with E-state index in [1.54, 1.807) is 0 Å². The van der Waals surface area contributed by atoms with Gasteiger partial charge in [-0.1, -0.05) is 0 Å². The zero-order valence-corrected chi connectivity index (χ0v) is 14.5. The number of alkyl carbamates (subject to hydrolysis) is 1. The van der Waals surface area contributed by atoms with Crippen LogP contribution in [0.4, 0.5) is 4.79 Å². The Morgan fingerprint density at radius 1 is 1.19 bits per heavy atom. The lowest BCUT2D eigenvalue weighted by atomic mass is 9.89. The predicted molar refractivity (Wildman–Crippen MR) is 83.0 cm³/mol. The van der Waals surface area contributed by atoms with Gasteiger partial charge in [0.2, 0.25) is 0 Å². The standard InChI is InChI=1S/C13H25NO4S.CH4O/c1-13(2,3)18-12(15)14-9-10-5-7-11(8-6-10)19(4,16)17;1-2/h10-11H,5-9H2,1-4H3,(H,14,15);2H,1H3. The number of ether oxygens (including phenoxy) is 1. The number of hydrogen-bond donors (Lipinski definition) is 2. The minimum Gasteiger partial charge on any atom is -0.444 e. The van der Waals surface area contributed by atoms with Crippen molar-refractivity contribution < 1.29 is 23.1 Å². The first-order valence-corrected chi connectivity index (χ1v) is 9.14. The van der Waals surface area contributed by atoms with Gasteiger partial charge in [0.05, 0.1) is 5.25 Å². The van der Waals surface area contributed by atoms with Crippen molar-refractivity contribution in [2.75, 3.05) is 19.9 Å². The summed E-state index contributed by atoms with van der Waals surface area (Å²) >= 11 is 0. The first-order valence-electron chi connectivity index (χ1n) is 7.18. The van der Waals surface area contributed by atoms with Gasteiger partial charge >= 0.3 is 6.09 Å². The molecule has 0 saturated heterocycles. The summed E-state index contributed by atoms with van der Waals surface area (Å²) in [6.07, 6.45) is 3.97. The molecule has 1 aliphatic carbocycles. The third-order valence-corrected chi connectivity index (χ3v) is 5.02. The second-order valence-electron chi connectivity index (χ2n) is 6.36. The van der Waals surface area contributed by atoms with E-state index in [-0.39, 0.29) is 5.25 Å². The van der Waals surface area contributed by atoms with Crippen LogP contribution < -0.4 is 5.32 Å². The highest BCUT2D eigenvalue weighted by Crippen LogP contribution is 2.27. The molecule has 0 bridgehead atoms. The summed E-state index contributed by atoms with van der Waals surface area (Å²) in [5.74, 6) is 0.352. The van der Waals surface area contributed by atoms with Crippen molar-refractivity contribution in [1.29, 1.82) is 0 Å². The fourth-order valence-electron chi connectivity index (χ4n) is 2.31. The van der Waals surface area contributed by atoms with Crippen molar-refractivity contribution in [3.63, 3.8) is 0 Å². The minimum absolute atomic E-state index is 0.203. The summed E-state index contributed by atoms with van der Waals surface area (Å²) in [4.78, 5) is 11.5. The Labute approximate surface area is 128 Å². The van der Waals surface area contributed by atoms with Crippen LogP contribution in [0.25, 0.3) is 0 Å². The molecule has 0 heterocycles. The SMILES string of the molecule is CC(C)(C)OC(=O)NCC1CCC(S(C)(=O)=O)CC1.CO.